The highest BCUT2D eigenvalue weighted by atomic mass is 16.1. The van der Waals surface area contributed by atoms with Gasteiger partial charge in [0.25, 0.3) is 0 Å². The van der Waals surface area contributed by atoms with Crippen LogP contribution in [0, 0.1) is 0 Å². The first-order valence-corrected chi connectivity index (χ1v) is 3.61. The average Bonchev–Trinajstić information content (AvgIpc) is 2.30. The second-order valence-electron chi connectivity index (χ2n) is 2.74. The molecule has 1 nitrogen and oxygen atoms in total. The molecule has 0 atom stereocenters. The molecule has 0 amide bonds. The third-order valence-electron chi connectivity index (χ3n) is 1.96. The molecule has 1 aromatic carbocycles. The molecule has 0 aromatic heterocycles. The molecule has 0 spiro atoms. The van der Waals surface area contributed by atoms with Crippen molar-refractivity contribution >= 4 is 19.1 Å². The minimum atomic E-state index is 0.137. The number of fused-ring (bicyclic) bond motifs is 1. The maximum atomic E-state index is 11.2. The van der Waals surface area contributed by atoms with E-state index in [9.17, 15) is 4.79 Å². The summed E-state index contributed by atoms with van der Waals surface area (Å²) in [5.41, 5.74) is 2.99. The molecule has 0 bridgehead atoms. The van der Waals surface area contributed by atoms with Crippen LogP contribution in [0.2, 0.25) is 0 Å². The first-order chi connectivity index (χ1) is 5.29. The van der Waals surface area contributed by atoms with Gasteiger partial charge < -0.3 is 0 Å². The van der Waals surface area contributed by atoms with E-state index >= 15 is 0 Å². The van der Waals surface area contributed by atoms with Crippen molar-refractivity contribution < 1.29 is 4.79 Å². The van der Waals surface area contributed by atoms with Gasteiger partial charge in [-0.2, -0.15) is 0 Å². The van der Waals surface area contributed by atoms with E-state index in [0.29, 0.717) is 0 Å². The SMILES string of the molecule is BC1=CC(=O)c2ccccc21. The Bertz CT molecular complexity index is 352. The van der Waals surface area contributed by atoms with Crippen LogP contribution in [0.3, 0.4) is 0 Å². The summed E-state index contributed by atoms with van der Waals surface area (Å²) in [5, 5.41) is 0. The van der Waals surface area contributed by atoms with Gasteiger partial charge in [-0.3, -0.25) is 4.79 Å². The quantitative estimate of drug-likeness (QED) is 0.491. The number of hydrogen-bond donors (Lipinski definition) is 0. The highest BCUT2D eigenvalue weighted by molar-refractivity contribution is 6.47. The fraction of sp³-hybridized carbons (Fsp3) is 0. The van der Waals surface area contributed by atoms with Crippen molar-refractivity contribution in [2.24, 2.45) is 0 Å². The Morgan fingerprint density at radius 1 is 1.09 bits per heavy atom. The Hall–Kier alpha value is -1.31. The Balaban J connectivity index is 2.71. The maximum Gasteiger partial charge on any atom is 0.185 e. The van der Waals surface area contributed by atoms with Crippen molar-refractivity contribution in [3.8, 4) is 0 Å². The molecule has 2 rings (SSSR count). The second kappa shape index (κ2) is 2.09. The number of benzene rings is 1. The van der Waals surface area contributed by atoms with E-state index in [1.54, 1.807) is 6.08 Å². The summed E-state index contributed by atoms with van der Waals surface area (Å²) in [6, 6.07) is 7.69. The van der Waals surface area contributed by atoms with Crippen molar-refractivity contribution in [2.45, 2.75) is 0 Å². The second-order valence-corrected chi connectivity index (χ2v) is 2.74. The smallest absolute Gasteiger partial charge is 0.185 e. The summed E-state index contributed by atoms with van der Waals surface area (Å²) in [6.45, 7) is 0. The monoisotopic (exact) mass is 142 g/mol. The summed E-state index contributed by atoms with van der Waals surface area (Å²) in [4.78, 5) is 11.2. The van der Waals surface area contributed by atoms with E-state index in [1.165, 1.54) is 0 Å². The van der Waals surface area contributed by atoms with Gasteiger partial charge >= 0.3 is 0 Å². The third-order valence-corrected chi connectivity index (χ3v) is 1.96. The summed E-state index contributed by atoms with van der Waals surface area (Å²) < 4.78 is 0. The molecule has 11 heavy (non-hydrogen) atoms. The third kappa shape index (κ3) is 0.828. The Kier molecular flexibility index (Phi) is 1.22. The molecule has 0 saturated heterocycles. The highest BCUT2D eigenvalue weighted by Crippen LogP contribution is 2.23. The molecule has 0 unspecified atom stereocenters. The minimum absolute atomic E-state index is 0.137. The van der Waals surface area contributed by atoms with Crippen LogP contribution in [0.4, 0.5) is 0 Å². The molecular formula is C9H7BO. The number of carbonyl (C=O) groups excluding carboxylic acids is 1. The first-order valence-electron chi connectivity index (χ1n) is 3.61. The summed E-state index contributed by atoms with van der Waals surface area (Å²) in [5.74, 6) is 0.137. The number of allylic oxidation sites excluding steroid dienone is 1. The predicted molar refractivity (Wildman–Crippen MR) is 47.3 cm³/mol. The first kappa shape index (κ1) is 6.41. The minimum Gasteiger partial charge on any atom is -0.289 e. The van der Waals surface area contributed by atoms with Gasteiger partial charge in [0.15, 0.2) is 5.78 Å². The molecule has 0 heterocycles. The Morgan fingerprint density at radius 2 is 1.73 bits per heavy atom. The largest absolute Gasteiger partial charge is 0.289 e. The number of ketones is 1. The van der Waals surface area contributed by atoms with Crippen molar-refractivity contribution in [1.82, 2.24) is 0 Å². The maximum absolute atomic E-state index is 11.2. The molecule has 2 heteroatoms. The van der Waals surface area contributed by atoms with Crippen molar-refractivity contribution in [3.63, 3.8) is 0 Å². The van der Waals surface area contributed by atoms with Crippen LogP contribution in [-0.2, 0) is 0 Å². The lowest BCUT2D eigenvalue weighted by molar-refractivity contribution is 0.105. The van der Waals surface area contributed by atoms with E-state index < -0.39 is 0 Å². The van der Waals surface area contributed by atoms with E-state index in [4.69, 9.17) is 0 Å². The van der Waals surface area contributed by atoms with Crippen LogP contribution >= 0.6 is 0 Å². The van der Waals surface area contributed by atoms with E-state index in [0.717, 1.165) is 16.6 Å². The molecule has 0 fully saturated rings. The van der Waals surface area contributed by atoms with Gasteiger partial charge in [-0.15, -0.1) is 0 Å². The molecule has 1 aliphatic rings. The van der Waals surface area contributed by atoms with Gasteiger partial charge in [0, 0.05) is 5.56 Å². The fourth-order valence-electron chi connectivity index (χ4n) is 1.39. The van der Waals surface area contributed by atoms with Gasteiger partial charge in [-0.1, -0.05) is 29.7 Å². The topological polar surface area (TPSA) is 17.1 Å². The lowest BCUT2D eigenvalue weighted by Crippen LogP contribution is -1.89. The van der Waals surface area contributed by atoms with Gasteiger partial charge in [-0.25, -0.2) is 0 Å². The van der Waals surface area contributed by atoms with Crippen LogP contribution in [0.5, 0.6) is 0 Å². The molecule has 1 aromatic rings. The Morgan fingerprint density at radius 3 is 2.36 bits per heavy atom. The van der Waals surface area contributed by atoms with E-state index in [-0.39, 0.29) is 5.78 Å². The lowest BCUT2D eigenvalue weighted by atomic mass is 9.90. The van der Waals surface area contributed by atoms with Crippen LogP contribution in [-0.4, -0.2) is 13.6 Å². The fourth-order valence-corrected chi connectivity index (χ4v) is 1.39. The van der Waals surface area contributed by atoms with Crippen LogP contribution in [0.25, 0.3) is 5.47 Å². The van der Waals surface area contributed by atoms with Crippen molar-refractivity contribution in [2.75, 3.05) is 0 Å². The van der Waals surface area contributed by atoms with Crippen molar-refractivity contribution in [1.29, 1.82) is 0 Å². The number of rotatable bonds is 0. The zero-order valence-corrected chi connectivity index (χ0v) is 6.29. The molecule has 0 radical (unpaired) electrons. The Labute approximate surface area is 66.1 Å². The zero-order valence-electron chi connectivity index (χ0n) is 6.29. The zero-order chi connectivity index (χ0) is 7.84. The lowest BCUT2D eigenvalue weighted by Gasteiger charge is -1.96. The van der Waals surface area contributed by atoms with E-state index in [1.807, 2.05) is 32.1 Å². The molecular weight excluding hydrogens is 135 g/mol. The van der Waals surface area contributed by atoms with Crippen LogP contribution in [0.1, 0.15) is 15.9 Å². The molecule has 1 aliphatic carbocycles. The van der Waals surface area contributed by atoms with Gasteiger partial charge in [0.05, 0.1) is 0 Å². The molecule has 0 N–H and O–H groups in total. The average molecular weight is 142 g/mol. The molecule has 0 aliphatic heterocycles. The summed E-state index contributed by atoms with van der Waals surface area (Å²) >= 11 is 0. The van der Waals surface area contributed by atoms with Gasteiger partial charge in [0.1, 0.15) is 7.85 Å². The standard InChI is InChI=1S/C9H7BO/c10-8-5-9(11)7-4-2-1-3-6(7)8/h1-5H,10H2. The summed E-state index contributed by atoms with van der Waals surface area (Å²) in [7, 11) is 1.96. The number of hydrogen-bond acceptors (Lipinski definition) is 1. The highest BCUT2D eigenvalue weighted by Gasteiger charge is 2.15. The number of carbonyl (C=O) groups is 1. The van der Waals surface area contributed by atoms with Crippen LogP contribution < -0.4 is 0 Å². The molecule has 52 valence electrons. The van der Waals surface area contributed by atoms with Gasteiger partial charge in [0.2, 0.25) is 0 Å². The van der Waals surface area contributed by atoms with E-state index in [2.05, 4.69) is 0 Å². The normalized spacial score (nSPS) is 14.5. The van der Waals surface area contributed by atoms with Gasteiger partial charge in [-0.05, 0) is 11.6 Å². The predicted octanol–water partition coefficient (Wildman–Crippen LogP) is 0.857. The molecule has 0 saturated carbocycles. The summed E-state index contributed by atoms with van der Waals surface area (Å²) in [6.07, 6.45) is 1.69. The van der Waals surface area contributed by atoms with Crippen molar-refractivity contribution in [3.05, 3.63) is 41.5 Å². The van der Waals surface area contributed by atoms with Crippen LogP contribution in [0.15, 0.2) is 30.3 Å².